The van der Waals surface area contributed by atoms with Crippen molar-refractivity contribution in [2.24, 2.45) is 0 Å². The van der Waals surface area contributed by atoms with Crippen molar-refractivity contribution >= 4 is 32.6 Å². The van der Waals surface area contributed by atoms with Crippen LogP contribution < -0.4 is 9.64 Å². The van der Waals surface area contributed by atoms with Gasteiger partial charge in [0.15, 0.2) is 10.9 Å². The summed E-state index contributed by atoms with van der Waals surface area (Å²) >= 11 is 1.09. The smallest absolute Gasteiger partial charge is 0.260 e. The van der Waals surface area contributed by atoms with E-state index < -0.39 is 11.6 Å². The molecule has 0 bridgehead atoms. The number of carbonyl (C=O) groups is 1. The molecule has 0 aliphatic carbocycles. The quantitative estimate of drug-likeness (QED) is 0.448. The SMILES string of the molecule is CCCCOc1cccc(C(=O)N(CCN(C)C)c2nc3c(F)cc(F)cc3s2)c1. The van der Waals surface area contributed by atoms with Crippen LogP contribution in [0.1, 0.15) is 30.1 Å². The number of hydrogen-bond donors (Lipinski definition) is 0. The number of amides is 1. The van der Waals surface area contributed by atoms with Crippen molar-refractivity contribution in [1.82, 2.24) is 9.88 Å². The van der Waals surface area contributed by atoms with Crippen LogP contribution in [0.5, 0.6) is 5.75 Å². The van der Waals surface area contributed by atoms with Crippen molar-refractivity contribution in [2.45, 2.75) is 19.8 Å². The molecule has 30 heavy (non-hydrogen) atoms. The highest BCUT2D eigenvalue weighted by molar-refractivity contribution is 7.22. The van der Waals surface area contributed by atoms with E-state index in [0.717, 1.165) is 30.2 Å². The lowest BCUT2D eigenvalue weighted by Gasteiger charge is -2.22. The van der Waals surface area contributed by atoms with Crippen LogP contribution in [0, 0.1) is 11.6 Å². The van der Waals surface area contributed by atoms with E-state index >= 15 is 0 Å². The molecule has 160 valence electrons. The number of aromatic nitrogens is 1. The number of unbranched alkanes of at least 4 members (excludes halogenated alkanes) is 1. The standard InChI is InChI=1S/C22H25F2N3O2S/c1-4-5-11-29-17-8-6-7-15(12-17)21(28)27(10-9-26(2)3)22-25-20-18(24)13-16(23)14-19(20)30-22/h6-8,12-14H,4-5,9-11H2,1-3H3. The molecule has 0 N–H and O–H groups in total. The first kappa shape index (κ1) is 22.1. The fourth-order valence-corrected chi connectivity index (χ4v) is 3.88. The Labute approximate surface area is 178 Å². The molecule has 0 saturated heterocycles. The Morgan fingerprint density at radius 3 is 2.70 bits per heavy atom. The van der Waals surface area contributed by atoms with E-state index in [1.165, 1.54) is 11.0 Å². The highest BCUT2D eigenvalue weighted by Crippen LogP contribution is 2.32. The van der Waals surface area contributed by atoms with Crippen LogP contribution >= 0.6 is 11.3 Å². The van der Waals surface area contributed by atoms with Crippen LogP contribution in [0.4, 0.5) is 13.9 Å². The van der Waals surface area contributed by atoms with Crippen LogP contribution in [-0.4, -0.2) is 49.6 Å². The van der Waals surface area contributed by atoms with Crippen molar-refractivity contribution < 1.29 is 18.3 Å². The van der Waals surface area contributed by atoms with Gasteiger partial charge in [0.05, 0.1) is 11.3 Å². The number of hydrogen-bond acceptors (Lipinski definition) is 5. The van der Waals surface area contributed by atoms with Gasteiger partial charge < -0.3 is 9.64 Å². The molecule has 0 spiro atoms. The largest absolute Gasteiger partial charge is 0.494 e. The molecule has 2 aromatic carbocycles. The minimum atomic E-state index is -0.737. The molecule has 1 aromatic heterocycles. The van der Waals surface area contributed by atoms with E-state index in [9.17, 15) is 13.6 Å². The van der Waals surface area contributed by atoms with Gasteiger partial charge in [0.25, 0.3) is 5.91 Å². The molecule has 1 heterocycles. The third-order valence-corrected chi connectivity index (χ3v) is 5.52. The zero-order valence-corrected chi connectivity index (χ0v) is 18.1. The van der Waals surface area contributed by atoms with Gasteiger partial charge in [0.1, 0.15) is 17.1 Å². The molecule has 1 amide bonds. The number of carbonyl (C=O) groups excluding carboxylic acids is 1. The number of nitrogens with zero attached hydrogens (tertiary/aromatic N) is 3. The molecule has 5 nitrogen and oxygen atoms in total. The second-order valence-corrected chi connectivity index (χ2v) is 8.23. The average molecular weight is 434 g/mol. The normalized spacial score (nSPS) is 11.3. The minimum Gasteiger partial charge on any atom is -0.494 e. The number of likely N-dealkylation sites (N-methyl/N-ethyl adjacent to an activating group) is 1. The third kappa shape index (κ3) is 5.31. The third-order valence-electron chi connectivity index (χ3n) is 4.50. The maximum absolute atomic E-state index is 14.1. The Morgan fingerprint density at radius 2 is 1.97 bits per heavy atom. The molecule has 0 aliphatic rings. The number of fused-ring (bicyclic) bond motifs is 1. The first-order valence-electron chi connectivity index (χ1n) is 9.84. The van der Waals surface area contributed by atoms with Gasteiger partial charge in [-0.25, -0.2) is 13.8 Å². The lowest BCUT2D eigenvalue weighted by molar-refractivity contribution is 0.0984. The van der Waals surface area contributed by atoms with Crippen LogP contribution in [-0.2, 0) is 0 Å². The van der Waals surface area contributed by atoms with E-state index in [2.05, 4.69) is 11.9 Å². The lowest BCUT2D eigenvalue weighted by Crippen LogP contribution is -2.36. The molecule has 3 aromatic rings. The molecule has 0 fully saturated rings. The summed E-state index contributed by atoms with van der Waals surface area (Å²) in [6.07, 6.45) is 1.95. The number of rotatable bonds is 9. The first-order chi connectivity index (χ1) is 14.4. The molecule has 3 rings (SSSR count). The van der Waals surface area contributed by atoms with Crippen molar-refractivity contribution in [3.63, 3.8) is 0 Å². The topological polar surface area (TPSA) is 45.7 Å². The first-order valence-corrected chi connectivity index (χ1v) is 10.7. The second kappa shape index (κ2) is 9.95. The molecule has 8 heteroatoms. The molecular formula is C22H25F2N3O2S. The average Bonchev–Trinajstić information content (AvgIpc) is 3.12. The van der Waals surface area contributed by atoms with Gasteiger partial charge in [-0.2, -0.15) is 0 Å². The minimum absolute atomic E-state index is 0.0655. The summed E-state index contributed by atoms with van der Waals surface area (Å²) in [7, 11) is 3.80. The fourth-order valence-electron chi connectivity index (χ4n) is 2.85. The predicted molar refractivity (Wildman–Crippen MR) is 117 cm³/mol. The zero-order chi connectivity index (χ0) is 21.7. The molecule has 0 saturated carbocycles. The lowest BCUT2D eigenvalue weighted by atomic mass is 10.2. The second-order valence-electron chi connectivity index (χ2n) is 7.22. The van der Waals surface area contributed by atoms with Gasteiger partial charge in [-0.05, 0) is 44.8 Å². The highest BCUT2D eigenvalue weighted by Gasteiger charge is 2.23. The molecule has 0 atom stereocenters. The Hall–Kier alpha value is -2.58. The summed E-state index contributed by atoms with van der Waals surface area (Å²) < 4.78 is 33.8. The van der Waals surface area contributed by atoms with E-state index in [-0.39, 0.29) is 11.4 Å². The van der Waals surface area contributed by atoms with Crippen LogP contribution in [0.25, 0.3) is 10.2 Å². The summed E-state index contributed by atoms with van der Waals surface area (Å²) in [5.74, 6) is -1.05. The summed E-state index contributed by atoms with van der Waals surface area (Å²) in [4.78, 5) is 21.1. The van der Waals surface area contributed by atoms with Gasteiger partial charge in [0.2, 0.25) is 0 Å². The maximum atomic E-state index is 14.1. The fraction of sp³-hybridized carbons (Fsp3) is 0.364. The van der Waals surface area contributed by atoms with E-state index in [4.69, 9.17) is 4.74 Å². The summed E-state index contributed by atoms with van der Waals surface area (Å²) in [6.45, 7) is 3.61. The van der Waals surface area contributed by atoms with E-state index in [0.29, 0.717) is 40.8 Å². The molecular weight excluding hydrogens is 408 g/mol. The summed E-state index contributed by atoms with van der Waals surface area (Å²) in [5, 5.41) is 0.332. The van der Waals surface area contributed by atoms with Crippen molar-refractivity contribution in [2.75, 3.05) is 38.7 Å². The Kier molecular flexibility index (Phi) is 7.33. The monoisotopic (exact) mass is 433 g/mol. The van der Waals surface area contributed by atoms with E-state index in [1.807, 2.05) is 25.1 Å². The molecule has 0 aliphatic heterocycles. The Morgan fingerprint density at radius 1 is 1.17 bits per heavy atom. The van der Waals surface area contributed by atoms with E-state index in [1.54, 1.807) is 18.2 Å². The van der Waals surface area contributed by atoms with Crippen LogP contribution in [0.3, 0.4) is 0 Å². The predicted octanol–water partition coefficient (Wildman–Crippen LogP) is 4.96. The van der Waals surface area contributed by atoms with Gasteiger partial charge in [-0.15, -0.1) is 0 Å². The number of benzene rings is 2. The van der Waals surface area contributed by atoms with Crippen LogP contribution in [0.15, 0.2) is 36.4 Å². The maximum Gasteiger partial charge on any atom is 0.260 e. The zero-order valence-electron chi connectivity index (χ0n) is 17.3. The summed E-state index contributed by atoms with van der Waals surface area (Å²) in [5.41, 5.74) is 0.518. The number of thiazole rings is 1. The molecule has 0 unspecified atom stereocenters. The van der Waals surface area contributed by atoms with Crippen molar-refractivity contribution in [3.05, 3.63) is 53.6 Å². The van der Waals surface area contributed by atoms with Crippen molar-refractivity contribution in [1.29, 1.82) is 0 Å². The number of halogens is 2. The number of anilines is 1. The molecule has 0 radical (unpaired) electrons. The van der Waals surface area contributed by atoms with Gasteiger partial charge in [-0.3, -0.25) is 9.69 Å². The van der Waals surface area contributed by atoms with Gasteiger partial charge in [0, 0.05) is 24.7 Å². The van der Waals surface area contributed by atoms with Crippen LogP contribution in [0.2, 0.25) is 0 Å². The Balaban J connectivity index is 1.93. The Bertz CT molecular complexity index is 1020. The summed E-state index contributed by atoms with van der Waals surface area (Å²) in [6, 6.07) is 9.03. The number of ether oxygens (including phenoxy) is 1. The van der Waals surface area contributed by atoms with Gasteiger partial charge in [-0.1, -0.05) is 30.7 Å². The highest BCUT2D eigenvalue weighted by atomic mass is 32.1. The van der Waals surface area contributed by atoms with Crippen molar-refractivity contribution in [3.8, 4) is 5.75 Å². The van der Waals surface area contributed by atoms with Gasteiger partial charge >= 0.3 is 0 Å².